The Balaban J connectivity index is 1.87. The Morgan fingerprint density at radius 2 is 1.88 bits per heavy atom. The lowest BCUT2D eigenvalue weighted by Gasteiger charge is -2.36. The Labute approximate surface area is 147 Å². The van der Waals surface area contributed by atoms with Gasteiger partial charge in [0, 0.05) is 26.1 Å². The average molecular weight is 344 g/mol. The van der Waals surface area contributed by atoms with E-state index in [-0.39, 0.29) is 18.6 Å². The van der Waals surface area contributed by atoms with Crippen LogP contribution in [0.3, 0.4) is 0 Å². The number of nitrogens with one attached hydrogen (secondary N) is 1. The Morgan fingerprint density at radius 1 is 1.24 bits per heavy atom. The first-order chi connectivity index (χ1) is 12.0. The van der Waals surface area contributed by atoms with E-state index in [1.54, 1.807) is 0 Å². The van der Waals surface area contributed by atoms with Gasteiger partial charge in [0.25, 0.3) is 0 Å². The van der Waals surface area contributed by atoms with E-state index in [9.17, 15) is 4.79 Å². The topological polar surface area (TPSA) is 87.6 Å². The Bertz CT molecular complexity index is 742. The van der Waals surface area contributed by atoms with Gasteiger partial charge in [-0.2, -0.15) is 0 Å². The zero-order valence-electron chi connectivity index (χ0n) is 14.6. The van der Waals surface area contributed by atoms with Gasteiger partial charge in [0.15, 0.2) is 11.6 Å². The van der Waals surface area contributed by atoms with Crippen LogP contribution in [-0.4, -0.2) is 52.9 Å². The molecule has 1 aromatic carbocycles. The standard InChI is InChI=1S/C18H24N4O3/c1-12-10-22(11-13(2)25-12)18-17(19-9-5-8-16(23)24)20-14-6-3-4-7-15(14)21-18/h3-4,6-7,12-13H,5,8-11H2,1-2H3,(H,19,20)(H,23,24). The molecule has 2 atom stereocenters. The SMILES string of the molecule is CC1CN(c2nc3ccccc3nc2NCCCC(=O)O)CC(C)O1. The fourth-order valence-corrected chi connectivity index (χ4v) is 3.13. The van der Waals surface area contributed by atoms with Gasteiger partial charge in [0.2, 0.25) is 0 Å². The van der Waals surface area contributed by atoms with Crippen molar-refractivity contribution in [3.63, 3.8) is 0 Å². The summed E-state index contributed by atoms with van der Waals surface area (Å²) in [6.45, 7) is 6.15. The number of rotatable bonds is 6. The number of carboxylic acids is 1. The van der Waals surface area contributed by atoms with Crippen molar-refractivity contribution in [3.8, 4) is 0 Å². The molecule has 7 nitrogen and oxygen atoms in total. The molecule has 2 N–H and O–H groups in total. The molecule has 0 spiro atoms. The molecule has 0 radical (unpaired) electrons. The number of aliphatic carboxylic acids is 1. The number of fused-ring (bicyclic) bond motifs is 1. The third kappa shape index (κ3) is 4.36. The number of para-hydroxylation sites is 2. The van der Waals surface area contributed by atoms with E-state index < -0.39 is 5.97 Å². The number of aromatic nitrogens is 2. The molecule has 0 amide bonds. The number of carboxylic acid groups (broad SMARTS) is 1. The molecule has 1 aliphatic heterocycles. The average Bonchev–Trinajstić information content (AvgIpc) is 2.57. The van der Waals surface area contributed by atoms with Crippen LogP contribution in [0.5, 0.6) is 0 Å². The summed E-state index contributed by atoms with van der Waals surface area (Å²) in [6, 6.07) is 7.77. The Kier molecular flexibility index (Phi) is 5.33. The molecule has 1 fully saturated rings. The molecule has 1 aromatic heterocycles. The molecule has 25 heavy (non-hydrogen) atoms. The molecule has 2 unspecified atom stereocenters. The zero-order valence-corrected chi connectivity index (χ0v) is 14.6. The highest BCUT2D eigenvalue weighted by atomic mass is 16.5. The fraction of sp³-hybridized carbons (Fsp3) is 0.500. The second kappa shape index (κ2) is 7.65. The molecule has 134 valence electrons. The number of hydrogen-bond acceptors (Lipinski definition) is 6. The summed E-state index contributed by atoms with van der Waals surface area (Å²) in [6.07, 6.45) is 0.919. The van der Waals surface area contributed by atoms with Crippen LogP contribution in [-0.2, 0) is 9.53 Å². The van der Waals surface area contributed by atoms with Crippen molar-refractivity contribution in [1.82, 2.24) is 9.97 Å². The van der Waals surface area contributed by atoms with E-state index in [1.165, 1.54) is 0 Å². The van der Waals surface area contributed by atoms with E-state index in [2.05, 4.69) is 24.1 Å². The van der Waals surface area contributed by atoms with Crippen LogP contribution in [0.15, 0.2) is 24.3 Å². The summed E-state index contributed by atoms with van der Waals surface area (Å²) in [5.41, 5.74) is 1.67. The molecule has 7 heteroatoms. The maximum atomic E-state index is 10.7. The molecule has 1 aliphatic rings. The van der Waals surface area contributed by atoms with Crippen molar-refractivity contribution in [3.05, 3.63) is 24.3 Å². The van der Waals surface area contributed by atoms with E-state index in [0.717, 1.165) is 29.9 Å². The maximum absolute atomic E-state index is 10.7. The minimum absolute atomic E-state index is 0.122. The van der Waals surface area contributed by atoms with E-state index in [0.29, 0.717) is 18.8 Å². The third-order valence-corrected chi connectivity index (χ3v) is 4.13. The zero-order chi connectivity index (χ0) is 17.8. The van der Waals surface area contributed by atoms with Crippen molar-refractivity contribution in [2.45, 2.75) is 38.9 Å². The third-order valence-electron chi connectivity index (χ3n) is 4.13. The lowest BCUT2D eigenvalue weighted by atomic mass is 10.2. The van der Waals surface area contributed by atoms with Gasteiger partial charge in [-0.25, -0.2) is 9.97 Å². The van der Waals surface area contributed by atoms with Gasteiger partial charge in [0.1, 0.15) is 0 Å². The molecular formula is C18H24N4O3. The van der Waals surface area contributed by atoms with Crippen LogP contribution in [0, 0.1) is 0 Å². The number of hydrogen-bond donors (Lipinski definition) is 2. The maximum Gasteiger partial charge on any atom is 0.303 e. The van der Waals surface area contributed by atoms with Crippen molar-refractivity contribution in [2.24, 2.45) is 0 Å². The van der Waals surface area contributed by atoms with Crippen LogP contribution in [0.25, 0.3) is 11.0 Å². The summed E-state index contributed by atoms with van der Waals surface area (Å²) in [7, 11) is 0. The smallest absolute Gasteiger partial charge is 0.303 e. The molecule has 1 saturated heterocycles. The summed E-state index contributed by atoms with van der Waals surface area (Å²) in [4.78, 5) is 22.4. The minimum Gasteiger partial charge on any atom is -0.481 e. The van der Waals surface area contributed by atoms with Crippen molar-refractivity contribution < 1.29 is 14.6 Å². The van der Waals surface area contributed by atoms with E-state index in [1.807, 2.05) is 24.3 Å². The number of benzene rings is 1. The van der Waals surface area contributed by atoms with Crippen LogP contribution in [0.1, 0.15) is 26.7 Å². The van der Waals surface area contributed by atoms with Crippen LogP contribution in [0.4, 0.5) is 11.6 Å². The second-order valence-corrected chi connectivity index (χ2v) is 6.47. The molecule has 0 saturated carbocycles. The fourth-order valence-electron chi connectivity index (χ4n) is 3.13. The van der Waals surface area contributed by atoms with Gasteiger partial charge in [-0.05, 0) is 32.4 Å². The van der Waals surface area contributed by atoms with Crippen LogP contribution >= 0.6 is 0 Å². The highest BCUT2D eigenvalue weighted by Crippen LogP contribution is 2.27. The van der Waals surface area contributed by atoms with Crippen LogP contribution in [0.2, 0.25) is 0 Å². The second-order valence-electron chi connectivity index (χ2n) is 6.47. The summed E-state index contributed by atoms with van der Waals surface area (Å²) in [5.74, 6) is 0.712. The summed E-state index contributed by atoms with van der Waals surface area (Å²) >= 11 is 0. The molecule has 2 aromatic rings. The van der Waals surface area contributed by atoms with Crippen molar-refractivity contribution in [2.75, 3.05) is 29.9 Å². The van der Waals surface area contributed by atoms with Crippen molar-refractivity contribution >= 4 is 28.6 Å². The van der Waals surface area contributed by atoms with Crippen LogP contribution < -0.4 is 10.2 Å². The van der Waals surface area contributed by atoms with E-state index >= 15 is 0 Å². The largest absolute Gasteiger partial charge is 0.481 e. The quantitative estimate of drug-likeness (QED) is 0.779. The lowest BCUT2D eigenvalue weighted by molar-refractivity contribution is -0.137. The first-order valence-corrected chi connectivity index (χ1v) is 8.66. The molecule has 3 rings (SSSR count). The Morgan fingerprint density at radius 3 is 2.52 bits per heavy atom. The Hall–Kier alpha value is -2.41. The number of nitrogens with zero attached hydrogens (tertiary/aromatic N) is 3. The molecule has 0 bridgehead atoms. The van der Waals surface area contributed by atoms with Gasteiger partial charge in [0.05, 0.1) is 23.2 Å². The molecule has 2 heterocycles. The molecule has 0 aliphatic carbocycles. The lowest BCUT2D eigenvalue weighted by Crippen LogP contribution is -2.46. The monoisotopic (exact) mass is 344 g/mol. The first kappa shape index (κ1) is 17.4. The number of ether oxygens (including phenoxy) is 1. The van der Waals surface area contributed by atoms with Gasteiger partial charge >= 0.3 is 5.97 Å². The van der Waals surface area contributed by atoms with Gasteiger partial charge in [-0.3, -0.25) is 4.79 Å². The predicted octanol–water partition coefficient (Wildman–Crippen LogP) is 2.52. The number of morpholine rings is 1. The number of anilines is 2. The normalized spacial score (nSPS) is 20.6. The van der Waals surface area contributed by atoms with Gasteiger partial charge in [-0.15, -0.1) is 0 Å². The van der Waals surface area contributed by atoms with Gasteiger partial charge < -0.3 is 20.1 Å². The number of carbonyl (C=O) groups is 1. The highest BCUT2D eigenvalue weighted by molar-refractivity contribution is 5.80. The van der Waals surface area contributed by atoms with Gasteiger partial charge in [-0.1, -0.05) is 12.1 Å². The highest BCUT2D eigenvalue weighted by Gasteiger charge is 2.26. The summed E-state index contributed by atoms with van der Waals surface area (Å²) < 4.78 is 5.81. The minimum atomic E-state index is -0.789. The molecular weight excluding hydrogens is 320 g/mol. The van der Waals surface area contributed by atoms with Crippen molar-refractivity contribution in [1.29, 1.82) is 0 Å². The predicted molar refractivity (Wildman–Crippen MR) is 97.1 cm³/mol. The summed E-state index contributed by atoms with van der Waals surface area (Å²) in [5, 5.41) is 12.1. The van der Waals surface area contributed by atoms with E-state index in [4.69, 9.17) is 19.8 Å². The first-order valence-electron chi connectivity index (χ1n) is 8.66.